The minimum atomic E-state index is -2.73. The van der Waals surface area contributed by atoms with Crippen LogP contribution >= 0.6 is 0 Å². The maximum Gasteiger partial charge on any atom is 0.264 e. The van der Waals surface area contributed by atoms with Crippen molar-refractivity contribution >= 4 is 18.4 Å². The molecular weight excluding hydrogens is 510 g/mol. The van der Waals surface area contributed by atoms with E-state index in [1.54, 1.807) is 12.1 Å². The summed E-state index contributed by atoms with van der Waals surface area (Å²) in [6.45, 7) is 18.8. The first-order chi connectivity index (χ1) is 19.6. The van der Waals surface area contributed by atoms with Gasteiger partial charge in [0.25, 0.3) is 5.92 Å². The highest BCUT2D eigenvalue weighted by Crippen LogP contribution is 2.42. The molecule has 0 heterocycles. The Hall–Kier alpha value is -3.29. The summed E-state index contributed by atoms with van der Waals surface area (Å²) in [5.74, 6) is -2.73. The number of allylic oxidation sites excluding steroid dienone is 4. The molecule has 3 rings (SSSR count). The summed E-state index contributed by atoms with van der Waals surface area (Å²) in [6, 6.07) is 15.8. The molecule has 41 heavy (non-hydrogen) atoms. The normalized spacial score (nSPS) is 13.9. The molecule has 0 N–H and O–H groups in total. The third-order valence-electron chi connectivity index (χ3n) is 6.76. The molecule has 0 aromatic heterocycles. The van der Waals surface area contributed by atoms with E-state index in [9.17, 15) is 8.78 Å². The summed E-state index contributed by atoms with van der Waals surface area (Å²) in [4.78, 5) is 8.81. The lowest BCUT2D eigenvalue weighted by Gasteiger charge is -2.35. The Morgan fingerprint density at radius 1 is 1.07 bits per heavy atom. The van der Waals surface area contributed by atoms with E-state index in [0.717, 1.165) is 44.1 Å². The van der Waals surface area contributed by atoms with E-state index in [-0.39, 0.29) is 8.27 Å². The Balaban J connectivity index is -0.000000711. The molecule has 2 aromatic carbocycles. The highest BCUT2D eigenvalue weighted by molar-refractivity contribution is 5.55. The minimum absolute atomic E-state index is 0. The monoisotopic (exact) mass is 566 g/mol. The van der Waals surface area contributed by atoms with Crippen LogP contribution in [0.3, 0.4) is 0 Å². The Labute approximate surface area is 252 Å². The number of aryl methyl sites for hydroxylation is 1. The van der Waals surface area contributed by atoms with Crippen LogP contribution in [0.4, 0.5) is 8.78 Å². The zero-order chi connectivity index (χ0) is 31.2. The second-order valence-corrected chi connectivity index (χ2v) is 10.2. The number of hydrogen-bond acceptors (Lipinski definition) is 1. The van der Waals surface area contributed by atoms with Gasteiger partial charge in [0.2, 0.25) is 0 Å². The highest BCUT2D eigenvalue weighted by Gasteiger charge is 2.29. The Morgan fingerprint density at radius 2 is 1.68 bits per heavy atom. The lowest BCUT2D eigenvalue weighted by atomic mass is 9.70. The van der Waals surface area contributed by atoms with Gasteiger partial charge >= 0.3 is 0 Å². The molecule has 228 valence electrons. The van der Waals surface area contributed by atoms with Crippen molar-refractivity contribution < 1.29 is 16.4 Å². The lowest BCUT2D eigenvalue weighted by Crippen LogP contribution is -2.22. The number of benzene rings is 2. The van der Waals surface area contributed by atoms with Gasteiger partial charge in [-0.05, 0) is 78.8 Å². The van der Waals surface area contributed by atoms with Gasteiger partial charge in [-0.1, -0.05) is 119 Å². The molecule has 1 saturated carbocycles. The predicted molar refractivity (Wildman–Crippen MR) is 181 cm³/mol. The van der Waals surface area contributed by atoms with E-state index in [1.807, 2.05) is 32.0 Å². The van der Waals surface area contributed by atoms with E-state index >= 15 is 0 Å². The fourth-order valence-corrected chi connectivity index (χ4v) is 4.60. The molecule has 0 amide bonds. The molecule has 0 spiro atoms. The van der Waals surface area contributed by atoms with Gasteiger partial charge in [0.15, 0.2) is 0 Å². The maximum absolute atomic E-state index is 12.3. The first-order valence-corrected chi connectivity index (χ1v) is 14.9. The zero-order valence-corrected chi connectivity index (χ0v) is 26.3. The maximum atomic E-state index is 12.3. The second kappa shape index (κ2) is 21.5. The molecule has 0 unspecified atom stereocenters. The summed E-state index contributed by atoms with van der Waals surface area (Å²) in [5.41, 5.74) is 9.64. The van der Waals surface area contributed by atoms with Crippen molar-refractivity contribution in [1.82, 2.24) is 0 Å². The summed E-state index contributed by atoms with van der Waals surface area (Å²) in [5, 5.41) is 0. The van der Waals surface area contributed by atoms with Crippen molar-refractivity contribution in [2.45, 2.75) is 98.8 Å². The van der Waals surface area contributed by atoms with Crippen LogP contribution in [0, 0.1) is 12.3 Å². The van der Waals surface area contributed by atoms with Crippen molar-refractivity contribution in [1.29, 1.82) is 0 Å². The molecule has 2 aromatic rings. The Morgan fingerprint density at radius 3 is 2.20 bits per heavy atom. The summed E-state index contributed by atoms with van der Waals surface area (Å²) in [7, 11) is 0. The van der Waals surface area contributed by atoms with Crippen LogP contribution in [0.25, 0.3) is 12.2 Å². The van der Waals surface area contributed by atoms with E-state index in [2.05, 4.69) is 69.2 Å². The standard InChI is InChI=1S/C24H32.C10H10F2.C2H4O.C2H6.2H2/c1-5-8-12-23-18-22(14-13-20(23)4)17-21(6-2)19-24(7-3)15-10-9-11-16-24;1-10(11,12)8-7-9-5-3-2-4-6-9;1-2-3;1-2;;/h7-8,12-14,18H,2-3,5,9-11,15-17,19H2,1,4H3;2-8H,1H3;2H,1H3;1-2H3;2*1H/b12-8-;8-7-;;;;. The molecule has 0 atom stereocenters. The first kappa shape index (κ1) is 37.7. The van der Waals surface area contributed by atoms with Crippen LogP contribution in [-0.4, -0.2) is 12.2 Å². The van der Waals surface area contributed by atoms with Crippen molar-refractivity contribution in [2.75, 3.05) is 0 Å². The number of alkyl halides is 2. The molecule has 1 fully saturated rings. The van der Waals surface area contributed by atoms with E-state index in [0.29, 0.717) is 0 Å². The van der Waals surface area contributed by atoms with Gasteiger partial charge in [-0.2, -0.15) is 0 Å². The zero-order valence-electron chi connectivity index (χ0n) is 26.3. The Bertz CT molecular complexity index is 1120. The number of hydrogen-bond donors (Lipinski definition) is 0. The number of halogens is 2. The molecule has 1 aliphatic carbocycles. The fourth-order valence-electron chi connectivity index (χ4n) is 4.60. The van der Waals surface area contributed by atoms with Crippen LogP contribution in [0.1, 0.15) is 105 Å². The van der Waals surface area contributed by atoms with Gasteiger partial charge in [-0.15, -0.1) is 12.3 Å². The van der Waals surface area contributed by atoms with Crippen molar-refractivity contribution in [3.8, 4) is 0 Å². The number of rotatable bonds is 9. The summed E-state index contributed by atoms with van der Waals surface area (Å²) >= 11 is 0. The van der Waals surface area contributed by atoms with Gasteiger partial charge in [-0.25, -0.2) is 8.78 Å². The number of aldehydes is 1. The van der Waals surface area contributed by atoms with Crippen LogP contribution in [0.5, 0.6) is 0 Å². The average Bonchev–Trinajstić information content (AvgIpc) is 2.98. The van der Waals surface area contributed by atoms with Gasteiger partial charge in [0, 0.05) is 16.2 Å². The van der Waals surface area contributed by atoms with Gasteiger partial charge in [0.1, 0.15) is 6.29 Å². The number of carbonyl (C=O) groups excluding carboxylic acids is 1. The largest absolute Gasteiger partial charge is 0.304 e. The second-order valence-electron chi connectivity index (χ2n) is 10.2. The molecular formula is C38H56F2O. The van der Waals surface area contributed by atoms with Crippen LogP contribution in [0.2, 0.25) is 0 Å². The average molecular weight is 567 g/mol. The summed E-state index contributed by atoms with van der Waals surface area (Å²) in [6.07, 6.45) is 19.4. The van der Waals surface area contributed by atoms with Crippen LogP contribution in [-0.2, 0) is 11.2 Å². The predicted octanol–water partition coefficient (Wildman–Crippen LogP) is 12.3. The first-order valence-electron chi connectivity index (χ1n) is 14.9. The third kappa shape index (κ3) is 16.5. The topological polar surface area (TPSA) is 17.1 Å². The van der Waals surface area contributed by atoms with Gasteiger partial charge < -0.3 is 4.79 Å². The number of carbonyl (C=O) groups is 1. The van der Waals surface area contributed by atoms with Crippen molar-refractivity contribution in [2.24, 2.45) is 5.41 Å². The molecule has 0 saturated heterocycles. The van der Waals surface area contributed by atoms with Crippen molar-refractivity contribution in [3.05, 3.63) is 113 Å². The van der Waals surface area contributed by atoms with Gasteiger partial charge in [0.05, 0.1) is 0 Å². The molecule has 1 aliphatic rings. The molecule has 3 heteroatoms. The Kier molecular flexibility index (Phi) is 19.7. The van der Waals surface area contributed by atoms with E-state index in [1.165, 1.54) is 67.4 Å². The summed E-state index contributed by atoms with van der Waals surface area (Å²) < 4.78 is 24.6. The van der Waals surface area contributed by atoms with E-state index < -0.39 is 5.92 Å². The minimum Gasteiger partial charge on any atom is -0.304 e. The lowest BCUT2D eigenvalue weighted by molar-refractivity contribution is -0.106. The molecule has 0 radical (unpaired) electrons. The quantitative estimate of drug-likeness (QED) is 0.168. The molecule has 0 aliphatic heterocycles. The third-order valence-corrected chi connectivity index (χ3v) is 6.76. The molecule has 0 bridgehead atoms. The van der Waals surface area contributed by atoms with Gasteiger partial charge in [-0.3, -0.25) is 0 Å². The molecule has 1 nitrogen and oxygen atoms in total. The van der Waals surface area contributed by atoms with Crippen LogP contribution in [0.15, 0.2) is 91.2 Å². The fraction of sp³-hybridized carbons (Fsp3) is 0.421. The smallest absolute Gasteiger partial charge is 0.264 e. The highest BCUT2D eigenvalue weighted by atomic mass is 19.3. The van der Waals surface area contributed by atoms with Crippen molar-refractivity contribution in [3.63, 3.8) is 0 Å². The SMILES string of the molecule is C=C=C(Cc1ccc(C)c(/C=C\CC)c1)CC1(C=C)CCCCC1.CC.CC(F)(F)/C=C\c1ccccc1.CC=O.[HH].[HH]. The van der Waals surface area contributed by atoms with E-state index in [4.69, 9.17) is 4.79 Å². The van der Waals surface area contributed by atoms with Crippen LogP contribution < -0.4 is 0 Å².